The number of carbonyl (C=O) groups is 3. The summed E-state index contributed by atoms with van der Waals surface area (Å²) in [5.74, 6) is -1.25. The standard InChI is InChI=1S/C22H17BrN2O5/c23-18-6-1-2-7-19(18)30-13-20(26)24-17-5-3-4-15(12-17)21(27)25-16-10-8-14(9-11-16)22(28)29/h1-12H,13H2,(H,24,26)(H,25,27)(H,28,29). The maximum atomic E-state index is 12.4. The highest BCUT2D eigenvalue weighted by atomic mass is 79.9. The number of hydrogen-bond donors (Lipinski definition) is 3. The second kappa shape index (κ2) is 9.71. The van der Waals surface area contributed by atoms with Crippen molar-refractivity contribution in [3.8, 4) is 5.75 Å². The maximum Gasteiger partial charge on any atom is 0.335 e. The highest BCUT2D eigenvalue weighted by Crippen LogP contribution is 2.23. The lowest BCUT2D eigenvalue weighted by Gasteiger charge is -2.10. The number of halogens is 1. The minimum absolute atomic E-state index is 0.127. The summed E-state index contributed by atoms with van der Waals surface area (Å²) < 4.78 is 6.22. The van der Waals surface area contributed by atoms with Gasteiger partial charge in [-0.3, -0.25) is 9.59 Å². The molecule has 8 heteroatoms. The minimum atomic E-state index is -1.04. The third-order valence-electron chi connectivity index (χ3n) is 3.99. The number of nitrogens with one attached hydrogen (secondary N) is 2. The molecule has 0 aliphatic heterocycles. The number of hydrogen-bond acceptors (Lipinski definition) is 4. The summed E-state index contributed by atoms with van der Waals surface area (Å²) in [7, 11) is 0. The van der Waals surface area contributed by atoms with E-state index in [0.29, 0.717) is 22.7 Å². The molecule has 0 bridgehead atoms. The monoisotopic (exact) mass is 468 g/mol. The molecule has 0 aliphatic carbocycles. The molecule has 0 fully saturated rings. The topological polar surface area (TPSA) is 105 Å². The van der Waals surface area contributed by atoms with Gasteiger partial charge in [-0.05, 0) is 70.5 Å². The summed E-state index contributed by atoms with van der Waals surface area (Å²) in [6, 6.07) is 19.5. The lowest BCUT2D eigenvalue weighted by Crippen LogP contribution is -2.20. The van der Waals surface area contributed by atoms with E-state index in [9.17, 15) is 14.4 Å². The van der Waals surface area contributed by atoms with Crippen LogP contribution in [-0.4, -0.2) is 29.5 Å². The van der Waals surface area contributed by atoms with Crippen molar-refractivity contribution in [1.82, 2.24) is 0 Å². The molecule has 0 aliphatic rings. The van der Waals surface area contributed by atoms with Crippen molar-refractivity contribution < 1.29 is 24.2 Å². The largest absolute Gasteiger partial charge is 0.483 e. The van der Waals surface area contributed by atoms with Crippen molar-refractivity contribution in [2.75, 3.05) is 17.2 Å². The third-order valence-corrected chi connectivity index (χ3v) is 4.65. The first kappa shape index (κ1) is 21.1. The molecule has 0 heterocycles. The zero-order chi connectivity index (χ0) is 21.5. The van der Waals surface area contributed by atoms with E-state index >= 15 is 0 Å². The number of carboxylic acid groups (broad SMARTS) is 1. The first-order chi connectivity index (χ1) is 14.4. The highest BCUT2D eigenvalue weighted by molar-refractivity contribution is 9.10. The van der Waals surface area contributed by atoms with Gasteiger partial charge in [-0.2, -0.15) is 0 Å². The van der Waals surface area contributed by atoms with Crippen molar-refractivity contribution in [1.29, 1.82) is 0 Å². The average molecular weight is 469 g/mol. The fourth-order valence-electron chi connectivity index (χ4n) is 2.54. The molecule has 0 radical (unpaired) electrons. The third kappa shape index (κ3) is 5.68. The van der Waals surface area contributed by atoms with Crippen molar-refractivity contribution in [2.45, 2.75) is 0 Å². The van der Waals surface area contributed by atoms with Crippen LogP contribution >= 0.6 is 15.9 Å². The van der Waals surface area contributed by atoms with Gasteiger partial charge in [0.05, 0.1) is 10.0 Å². The first-order valence-electron chi connectivity index (χ1n) is 8.84. The molecule has 30 heavy (non-hydrogen) atoms. The van der Waals surface area contributed by atoms with Crippen LogP contribution in [0.25, 0.3) is 0 Å². The molecule has 0 unspecified atom stereocenters. The fraction of sp³-hybridized carbons (Fsp3) is 0.0455. The first-order valence-corrected chi connectivity index (χ1v) is 9.63. The number of anilines is 2. The molecule has 0 atom stereocenters. The summed E-state index contributed by atoms with van der Waals surface area (Å²) in [5, 5.41) is 14.3. The van der Waals surface area contributed by atoms with Gasteiger partial charge in [-0.15, -0.1) is 0 Å². The molecule has 0 saturated heterocycles. The van der Waals surface area contributed by atoms with E-state index in [1.54, 1.807) is 30.3 Å². The molecule has 3 N–H and O–H groups in total. The highest BCUT2D eigenvalue weighted by Gasteiger charge is 2.10. The molecule has 7 nitrogen and oxygen atoms in total. The Bertz CT molecular complexity index is 1080. The van der Waals surface area contributed by atoms with E-state index in [2.05, 4.69) is 26.6 Å². The lowest BCUT2D eigenvalue weighted by atomic mass is 10.1. The van der Waals surface area contributed by atoms with E-state index in [1.807, 2.05) is 12.1 Å². The quantitative estimate of drug-likeness (QED) is 0.476. The number of benzene rings is 3. The van der Waals surface area contributed by atoms with Gasteiger partial charge in [0.1, 0.15) is 5.75 Å². The lowest BCUT2D eigenvalue weighted by molar-refractivity contribution is -0.118. The fourth-order valence-corrected chi connectivity index (χ4v) is 2.94. The van der Waals surface area contributed by atoms with Gasteiger partial charge in [0, 0.05) is 16.9 Å². The summed E-state index contributed by atoms with van der Waals surface area (Å²) in [6.45, 7) is -0.186. The summed E-state index contributed by atoms with van der Waals surface area (Å²) in [5.41, 5.74) is 1.37. The molecule has 0 saturated carbocycles. The van der Waals surface area contributed by atoms with Gasteiger partial charge < -0.3 is 20.5 Å². The van der Waals surface area contributed by atoms with Gasteiger partial charge in [0.25, 0.3) is 11.8 Å². The van der Waals surface area contributed by atoms with Gasteiger partial charge in [0.2, 0.25) is 0 Å². The Balaban J connectivity index is 1.59. The van der Waals surface area contributed by atoms with Gasteiger partial charge in [-0.1, -0.05) is 18.2 Å². The van der Waals surface area contributed by atoms with E-state index in [1.165, 1.54) is 30.3 Å². The second-order valence-electron chi connectivity index (χ2n) is 6.18. The normalized spacial score (nSPS) is 10.2. The second-order valence-corrected chi connectivity index (χ2v) is 7.04. The predicted molar refractivity (Wildman–Crippen MR) is 116 cm³/mol. The van der Waals surface area contributed by atoms with E-state index in [0.717, 1.165) is 4.47 Å². The van der Waals surface area contributed by atoms with Gasteiger partial charge in [-0.25, -0.2) is 4.79 Å². The Kier molecular flexibility index (Phi) is 6.82. The minimum Gasteiger partial charge on any atom is -0.483 e. The van der Waals surface area contributed by atoms with Gasteiger partial charge >= 0.3 is 5.97 Å². The molecular formula is C22H17BrN2O5. The van der Waals surface area contributed by atoms with Crippen LogP contribution in [0, 0.1) is 0 Å². The van der Waals surface area contributed by atoms with Crippen molar-refractivity contribution in [3.05, 3.63) is 88.4 Å². The predicted octanol–water partition coefficient (Wildman–Crippen LogP) is 4.42. The van der Waals surface area contributed by atoms with Crippen LogP contribution in [0.15, 0.2) is 77.3 Å². The molecule has 2 amide bonds. The van der Waals surface area contributed by atoms with Crippen molar-refractivity contribution in [3.63, 3.8) is 0 Å². The van der Waals surface area contributed by atoms with Crippen LogP contribution in [0.3, 0.4) is 0 Å². The molecule has 0 spiro atoms. The van der Waals surface area contributed by atoms with E-state index in [-0.39, 0.29) is 18.1 Å². The Hall–Kier alpha value is -3.65. The Morgan fingerprint density at radius 3 is 2.27 bits per heavy atom. The molecule has 152 valence electrons. The van der Waals surface area contributed by atoms with Crippen LogP contribution in [0.5, 0.6) is 5.75 Å². The number of rotatable bonds is 7. The zero-order valence-electron chi connectivity index (χ0n) is 15.6. The SMILES string of the molecule is O=C(COc1ccccc1Br)Nc1cccc(C(=O)Nc2ccc(C(=O)O)cc2)c1. The van der Waals surface area contributed by atoms with E-state index in [4.69, 9.17) is 9.84 Å². The van der Waals surface area contributed by atoms with Crippen molar-refractivity contribution >= 4 is 45.1 Å². The number of carboxylic acids is 1. The maximum absolute atomic E-state index is 12.4. The van der Waals surface area contributed by atoms with E-state index < -0.39 is 11.9 Å². The van der Waals surface area contributed by atoms with Crippen LogP contribution in [-0.2, 0) is 4.79 Å². The molecule has 3 rings (SSSR count). The number of ether oxygens (including phenoxy) is 1. The summed E-state index contributed by atoms with van der Waals surface area (Å²) >= 11 is 3.35. The molecular weight excluding hydrogens is 452 g/mol. The van der Waals surface area contributed by atoms with Crippen LogP contribution < -0.4 is 15.4 Å². The Morgan fingerprint density at radius 2 is 1.57 bits per heavy atom. The number of aromatic carboxylic acids is 1. The van der Waals surface area contributed by atoms with Crippen molar-refractivity contribution in [2.24, 2.45) is 0 Å². The number of carbonyl (C=O) groups excluding carboxylic acids is 2. The zero-order valence-corrected chi connectivity index (χ0v) is 17.2. The molecule has 0 aromatic heterocycles. The molecule has 3 aromatic rings. The molecule has 3 aromatic carbocycles. The van der Waals surface area contributed by atoms with Crippen LogP contribution in [0.1, 0.15) is 20.7 Å². The summed E-state index contributed by atoms with van der Waals surface area (Å²) in [6.07, 6.45) is 0. The van der Waals surface area contributed by atoms with Gasteiger partial charge in [0.15, 0.2) is 6.61 Å². The van der Waals surface area contributed by atoms with Crippen LogP contribution in [0.2, 0.25) is 0 Å². The smallest absolute Gasteiger partial charge is 0.335 e. The average Bonchev–Trinajstić information content (AvgIpc) is 2.74. The number of para-hydroxylation sites is 1. The number of amides is 2. The summed E-state index contributed by atoms with van der Waals surface area (Å²) in [4.78, 5) is 35.5. The Morgan fingerprint density at radius 1 is 0.833 bits per heavy atom. The van der Waals surface area contributed by atoms with Crippen LogP contribution in [0.4, 0.5) is 11.4 Å². The Labute approximate surface area is 180 Å².